The lowest BCUT2D eigenvalue weighted by atomic mass is 10.1. The number of halogens is 1. The molecule has 0 saturated heterocycles. The monoisotopic (exact) mass is 316 g/mol. The van der Waals surface area contributed by atoms with Gasteiger partial charge >= 0.3 is 5.97 Å². The van der Waals surface area contributed by atoms with E-state index in [0.29, 0.717) is 22.6 Å². The van der Waals surface area contributed by atoms with E-state index in [1.807, 2.05) is 0 Å². The first-order chi connectivity index (χ1) is 9.54. The van der Waals surface area contributed by atoms with Gasteiger partial charge in [0, 0.05) is 39.3 Å². The normalized spacial score (nSPS) is 12.7. The van der Waals surface area contributed by atoms with Crippen LogP contribution in [0.3, 0.4) is 0 Å². The van der Waals surface area contributed by atoms with Crippen molar-refractivity contribution in [3.63, 3.8) is 0 Å². The number of carboxylic acids is 1. The highest BCUT2D eigenvalue weighted by Gasteiger charge is 2.21. The van der Waals surface area contributed by atoms with Crippen molar-refractivity contribution in [3.05, 3.63) is 34.5 Å². The molecule has 1 aromatic heterocycles. The minimum Gasteiger partial charge on any atom is -0.477 e. The van der Waals surface area contributed by atoms with E-state index in [2.05, 4.69) is 0 Å². The van der Waals surface area contributed by atoms with Gasteiger partial charge < -0.3 is 9.84 Å². The Morgan fingerprint density at radius 1 is 1.50 bits per heavy atom. The Morgan fingerprint density at radius 3 is 2.90 bits per heavy atom. The van der Waals surface area contributed by atoms with E-state index >= 15 is 0 Å². The van der Waals surface area contributed by atoms with E-state index in [1.165, 1.54) is 19.2 Å². The van der Waals surface area contributed by atoms with Crippen molar-refractivity contribution in [3.8, 4) is 0 Å². The number of carbonyl (C=O) groups is 1. The average molecular weight is 316 g/mol. The quantitative estimate of drug-likeness (QED) is 0.890. The van der Waals surface area contributed by atoms with Crippen molar-refractivity contribution in [2.45, 2.75) is 5.75 Å². The second kappa shape index (κ2) is 6.43. The Hall–Kier alpha value is -1.31. The number of methoxy groups -OCH3 is 1. The Labute approximate surface area is 121 Å². The molecule has 108 valence electrons. The summed E-state index contributed by atoms with van der Waals surface area (Å²) >= 11 is 1.01. The van der Waals surface area contributed by atoms with Gasteiger partial charge in [0.25, 0.3) is 0 Å². The van der Waals surface area contributed by atoms with Gasteiger partial charge in [0.05, 0.1) is 12.4 Å². The molecule has 1 atom stereocenters. The molecule has 1 unspecified atom stereocenters. The standard InChI is InChI=1S/C13H13FO4S2/c1-18-5-6-20(17)7-8-11-9(14)3-2-4-10(11)19-12(8)13(15)16/h2-4H,5-7H2,1H3,(H,15,16). The Kier molecular flexibility index (Phi) is 4.85. The molecule has 0 fully saturated rings. The van der Waals surface area contributed by atoms with Crippen LogP contribution >= 0.6 is 11.3 Å². The molecule has 1 N–H and O–H groups in total. The maximum absolute atomic E-state index is 13.9. The highest BCUT2D eigenvalue weighted by Crippen LogP contribution is 2.34. The summed E-state index contributed by atoms with van der Waals surface area (Å²) in [7, 11) is 0.211. The minimum atomic E-state index is -1.29. The van der Waals surface area contributed by atoms with Gasteiger partial charge in [0.15, 0.2) is 0 Å². The van der Waals surface area contributed by atoms with Crippen molar-refractivity contribution in [2.75, 3.05) is 19.5 Å². The fraction of sp³-hybridized carbons (Fsp3) is 0.308. The van der Waals surface area contributed by atoms with Crippen LogP contribution in [0.2, 0.25) is 0 Å². The van der Waals surface area contributed by atoms with Gasteiger partial charge in [-0.25, -0.2) is 9.18 Å². The van der Waals surface area contributed by atoms with Crippen molar-refractivity contribution in [1.82, 2.24) is 0 Å². The summed E-state index contributed by atoms with van der Waals surface area (Å²) in [6.07, 6.45) is 0. The lowest BCUT2D eigenvalue weighted by Gasteiger charge is -2.03. The summed E-state index contributed by atoms with van der Waals surface area (Å²) in [5, 5.41) is 9.48. The molecule has 7 heteroatoms. The Balaban J connectivity index is 2.46. The third-order valence-electron chi connectivity index (χ3n) is 2.78. The van der Waals surface area contributed by atoms with Crippen molar-refractivity contribution < 1.29 is 23.2 Å². The second-order valence-electron chi connectivity index (χ2n) is 4.11. The lowest BCUT2D eigenvalue weighted by molar-refractivity contribution is 0.0701. The van der Waals surface area contributed by atoms with Crippen LogP contribution in [0.1, 0.15) is 15.2 Å². The van der Waals surface area contributed by atoms with E-state index in [-0.39, 0.29) is 16.0 Å². The summed E-state index contributed by atoms with van der Waals surface area (Å²) in [6, 6.07) is 4.48. The first-order valence-electron chi connectivity index (χ1n) is 5.81. The topological polar surface area (TPSA) is 63.6 Å². The molecule has 4 nitrogen and oxygen atoms in total. The second-order valence-corrected chi connectivity index (χ2v) is 6.74. The van der Waals surface area contributed by atoms with Crippen LogP contribution < -0.4 is 0 Å². The number of aromatic carboxylic acids is 1. The molecule has 0 spiro atoms. The van der Waals surface area contributed by atoms with Crippen LogP contribution in [0.15, 0.2) is 18.2 Å². The molecule has 0 amide bonds. The van der Waals surface area contributed by atoms with Crippen LogP contribution in [0, 0.1) is 5.82 Å². The van der Waals surface area contributed by atoms with Gasteiger partial charge in [0.2, 0.25) is 0 Å². The molecule has 2 rings (SSSR count). The summed E-state index contributed by atoms with van der Waals surface area (Å²) in [5.74, 6) is -1.29. The maximum Gasteiger partial charge on any atom is 0.346 e. The zero-order valence-corrected chi connectivity index (χ0v) is 12.4. The van der Waals surface area contributed by atoms with Crippen LogP contribution in [-0.4, -0.2) is 34.8 Å². The van der Waals surface area contributed by atoms with Crippen molar-refractivity contribution in [1.29, 1.82) is 0 Å². The lowest BCUT2D eigenvalue weighted by Crippen LogP contribution is -2.08. The fourth-order valence-electron chi connectivity index (χ4n) is 1.89. The number of benzene rings is 1. The van der Waals surface area contributed by atoms with Crippen molar-refractivity contribution >= 4 is 38.2 Å². The molecule has 0 radical (unpaired) electrons. The minimum absolute atomic E-state index is 0.0198. The first kappa shape index (κ1) is 15.1. The maximum atomic E-state index is 13.9. The number of ether oxygens (including phenoxy) is 1. The largest absolute Gasteiger partial charge is 0.477 e. The molecule has 20 heavy (non-hydrogen) atoms. The molecular formula is C13H13FO4S2. The average Bonchev–Trinajstić information content (AvgIpc) is 2.77. The zero-order chi connectivity index (χ0) is 14.7. The van der Waals surface area contributed by atoms with E-state index < -0.39 is 22.6 Å². The highest BCUT2D eigenvalue weighted by molar-refractivity contribution is 7.84. The summed E-state index contributed by atoms with van der Waals surface area (Å²) in [5.41, 5.74) is 0.310. The summed E-state index contributed by atoms with van der Waals surface area (Å²) in [6.45, 7) is 0.319. The molecule has 0 aliphatic rings. The molecule has 0 aliphatic heterocycles. The molecule has 1 heterocycles. The van der Waals surface area contributed by atoms with Gasteiger partial charge in [-0.05, 0) is 12.1 Å². The van der Waals surface area contributed by atoms with E-state index in [4.69, 9.17) is 4.74 Å². The predicted molar refractivity (Wildman–Crippen MR) is 77.3 cm³/mol. The van der Waals surface area contributed by atoms with Gasteiger partial charge in [-0.2, -0.15) is 0 Å². The predicted octanol–water partition coefficient (Wildman–Crippen LogP) is 2.63. The molecule has 1 aromatic carbocycles. The molecule has 2 aromatic rings. The Morgan fingerprint density at radius 2 is 2.25 bits per heavy atom. The zero-order valence-electron chi connectivity index (χ0n) is 10.7. The molecule has 0 bridgehead atoms. The van der Waals surface area contributed by atoms with E-state index in [1.54, 1.807) is 6.07 Å². The van der Waals surface area contributed by atoms with E-state index in [9.17, 15) is 18.5 Å². The number of fused-ring (bicyclic) bond motifs is 1. The Bertz CT molecular complexity index is 666. The molecular weight excluding hydrogens is 303 g/mol. The SMILES string of the molecule is COCCS(=O)Cc1c(C(=O)O)sc2cccc(F)c12. The molecule has 0 aliphatic carbocycles. The van der Waals surface area contributed by atoms with Gasteiger partial charge in [-0.1, -0.05) is 6.07 Å². The molecule has 0 saturated carbocycles. The van der Waals surface area contributed by atoms with Gasteiger partial charge in [-0.15, -0.1) is 11.3 Å². The highest BCUT2D eigenvalue weighted by atomic mass is 32.2. The van der Waals surface area contributed by atoms with Gasteiger partial charge in [-0.3, -0.25) is 4.21 Å². The van der Waals surface area contributed by atoms with Crippen LogP contribution in [0.5, 0.6) is 0 Å². The smallest absolute Gasteiger partial charge is 0.346 e. The third-order valence-corrected chi connectivity index (χ3v) is 5.20. The summed E-state index contributed by atoms with van der Waals surface area (Å²) < 4.78 is 31.2. The number of rotatable bonds is 6. The van der Waals surface area contributed by atoms with Crippen LogP contribution in [0.25, 0.3) is 10.1 Å². The van der Waals surface area contributed by atoms with E-state index in [0.717, 1.165) is 11.3 Å². The number of hydrogen-bond donors (Lipinski definition) is 1. The summed E-state index contributed by atoms with van der Waals surface area (Å²) in [4.78, 5) is 11.3. The van der Waals surface area contributed by atoms with Crippen LogP contribution in [0.4, 0.5) is 4.39 Å². The number of thiophene rings is 1. The number of hydrogen-bond acceptors (Lipinski definition) is 4. The number of carboxylic acid groups (broad SMARTS) is 1. The first-order valence-corrected chi connectivity index (χ1v) is 8.12. The fourth-order valence-corrected chi connectivity index (χ4v) is 4.16. The van der Waals surface area contributed by atoms with Crippen LogP contribution in [-0.2, 0) is 21.3 Å². The van der Waals surface area contributed by atoms with Gasteiger partial charge in [0.1, 0.15) is 10.7 Å². The van der Waals surface area contributed by atoms with Crippen molar-refractivity contribution in [2.24, 2.45) is 0 Å². The third kappa shape index (κ3) is 3.05.